The Bertz CT molecular complexity index is 103. The molecule has 0 aromatic carbocycles. The van der Waals surface area contributed by atoms with Gasteiger partial charge in [-0.3, -0.25) is 0 Å². The largest absolute Gasteiger partial charge is 0.179 e. The lowest BCUT2D eigenvalue weighted by molar-refractivity contribution is 0.579. The minimum Gasteiger partial charge on any atom is -0.179 e. The Morgan fingerprint density at radius 3 is 2.13 bits per heavy atom. The zero-order chi connectivity index (χ0) is 12.8. The summed E-state index contributed by atoms with van der Waals surface area (Å²) in [6.45, 7) is 11.2. The van der Waals surface area contributed by atoms with E-state index in [1.165, 1.54) is 43.3 Å². The van der Waals surface area contributed by atoms with Crippen LogP contribution >= 0.6 is 24.3 Å². The van der Waals surface area contributed by atoms with E-state index in [4.69, 9.17) is 1.12 Å². The topological polar surface area (TPSA) is 0 Å². The van der Waals surface area contributed by atoms with Crippen molar-refractivity contribution in [2.24, 2.45) is 11.8 Å². The van der Waals surface area contributed by atoms with Gasteiger partial charge in [0.15, 0.2) is 0 Å². The maximum absolute atomic E-state index is 6.76. The Balaban J connectivity index is 0. The summed E-state index contributed by atoms with van der Waals surface area (Å²) in [5.41, 5.74) is 0. The molecule has 0 rings (SSSR count). The van der Waals surface area contributed by atoms with Crippen LogP contribution in [0.15, 0.2) is 0 Å². The van der Waals surface area contributed by atoms with Gasteiger partial charge in [-0.1, -0.05) is 41.0 Å². The third kappa shape index (κ3) is 25.2. The molecule has 0 aromatic heterocycles. The van der Waals surface area contributed by atoms with E-state index in [9.17, 15) is 0 Å². The van der Waals surface area contributed by atoms with E-state index in [0.717, 1.165) is 17.6 Å². The third-order valence-corrected chi connectivity index (χ3v) is 3.19. The first-order valence-corrected chi connectivity index (χ1v) is 7.93. The van der Waals surface area contributed by atoms with Gasteiger partial charge >= 0.3 is 0 Å². The first kappa shape index (κ1) is 15.7. The molecule has 0 aliphatic carbocycles. The van der Waals surface area contributed by atoms with Crippen molar-refractivity contribution in [2.45, 2.75) is 53.9 Å². The van der Waals surface area contributed by atoms with E-state index >= 15 is 0 Å². The van der Waals surface area contributed by atoms with Crippen LogP contribution in [0.3, 0.4) is 0 Å². The monoisotopic (exact) mass is 252 g/mol. The Kier molecular flexibility index (Phi) is 15.4. The molecule has 15 heavy (non-hydrogen) atoms. The Hall–Kier alpha value is 0.700. The molecular formula is C13H30S2. The molecule has 0 N–H and O–H groups in total. The summed E-state index contributed by atoms with van der Waals surface area (Å²) in [4.78, 5) is 0. The summed E-state index contributed by atoms with van der Waals surface area (Å²) in [7, 11) is 0. The van der Waals surface area contributed by atoms with Gasteiger partial charge in [0.05, 0.1) is 0 Å². The summed E-state index contributed by atoms with van der Waals surface area (Å²) < 4.78 is 6.76. The fourth-order valence-electron chi connectivity index (χ4n) is 0.955. The first-order chi connectivity index (χ1) is 7.54. The van der Waals surface area contributed by atoms with Crippen molar-refractivity contribution in [2.75, 3.05) is 17.3 Å². The molecule has 0 nitrogen and oxygen atoms in total. The molecule has 0 saturated heterocycles. The summed E-state index contributed by atoms with van der Waals surface area (Å²) in [5, 5.41) is 0. The fourth-order valence-corrected chi connectivity index (χ4v) is 2.05. The van der Waals surface area contributed by atoms with Gasteiger partial charge in [-0.25, -0.2) is 0 Å². The first-order valence-electron chi connectivity index (χ1n) is 6.61. The van der Waals surface area contributed by atoms with Crippen molar-refractivity contribution >= 4 is 24.3 Å². The SMILES string of the molecule is CCSCCC(C)C.[3H]SCCCC(C)C. The van der Waals surface area contributed by atoms with Gasteiger partial charge in [0.2, 0.25) is 0 Å². The smallest absolute Gasteiger partial charge is 0.102 e. The lowest BCUT2D eigenvalue weighted by Crippen LogP contribution is -1.88. The van der Waals surface area contributed by atoms with Crippen LogP contribution in [0.25, 0.3) is 0 Å². The number of thioether (sulfide) groups is 1. The summed E-state index contributed by atoms with van der Waals surface area (Å²) >= 11 is 3.23. The maximum Gasteiger partial charge on any atom is 0.102 e. The molecule has 0 saturated carbocycles. The van der Waals surface area contributed by atoms with Crippen LogP contribution in [0.5, 0.6) is 0 Å². The van der Waals surface area contributed by atoms with Gasteiger partial charge in [-0.2, -0.15) is 24.3 Å². The average Bonchev–Trinajstić information content (AvgIpc) is 2.18. The average molecular weight is 253 g/mol. The van der Waals surface area contributed by atoms with Gasteiger partial charge in [-0.05, 0) is 41.9 Å². The molecule has 0 spiro atoms. The van der Waals surface area contributed by atoms with Gasteiger partial charge in [0, 0.05) is 0 Å². The summed E-state index contributed by atoms with van der Waals surface area (Å²) in [6, 6.07) is 0. The molecule has 0 heterocycles. The molecule has 0 aliphatic rings. The second kappa shape index (κ2) is 14.7. The zero-order valence-electron chi connectivity index (χ0n) is 12.2. The zero-order valence-corrected chi connectivity index (χ0v) is 12.8. The highest BCUT2D eigenvalue weighted by Crippen LogP contribution is 2.07. The highest BCUT2D eigenvalue weighted by atomic mass is 32.2. The normalized spacial score (nSPS) is 11.3. The molecule has 0 amide bonds. The van der Waals surface area contributed by atoms with E-state index in [0.29, 0.717) is 0 Å². The quantitative estimate of drug-likeness (QED) is 0.461. The van der Waals surface area contributed by atoms with Crippen molar-refractivity contribution < 1.29 is 0 Å². The van der Waals surface area contributed by atoms with Crippen LogP contribution in [0.1, 0.15) is 53.9 Å². The van der Waals surface area contributed by atoms with Gasteiger partial charge in [-0.15, -0.1) is 0 Å². The van der Waals surface area contributed by atoms with E-state index in [1.54, 1.807) is 0 Å². The standard InChI is InChI=1S/C7H16S.C6H14S/c1-4-8-6-5-7(2)3;1-6(2)4-3-5-7/h7H,4-6H2,1-3H3;6-7H,3-5H2,1-2H3/i/hT. The minimum absolute atomic E-state index is 0.808. The van der Waals surface area contributed by atoms with Gasteiger partial charge in [0.25, 0.3) is 0 Å². The van der Waals surface area contributed by atoms with Crippen molar-refractivity contribution in [3.05, 3.63) is 0 Å². The van der Waals surface area contributed by atoms with Crippen LogP contribution in [-0.4, -0.2) is 18.4 Å². The molecule has 0 unspecified atom stereocenters. The van der Waals surface area contributed by atoms with E-state index in [-0.39, 0.29) is 0 Å². The van der Waals surface area contributed by atoms with Gasteiger partial charge in [0.1, 0.15) is 1.12 Å². The van der Waals surface area contributed by atoms with Crippen molar-refractivity contribution in [1.29, 1.82) is 1.12 Å². The Morgan fingerprint density at radius 1 is 1.13 bits per heavy atom. The highest BCUT2D eigenvalue weighted by molar-refractivity contribution is 7.99. The second-order valence-electron chi connectivity index (χ2n) is 4.62. The molecule has 0 fully saturated rings. The lowest BCUT2D eigenvalue weighted by Gasteiger charge is -2.00. The van der Waals surface area contributed by atoms with E-state index < -0.39 is 0 Å². The summed E-state index contributed by atoms with van der Waals surface area (Å²) in [6.07, 6.45) is 3.84. The maximum atomic E-state index is 6.76. The lowest BCUT2D eigenvalue weighted by atomic mass is 10.1. The molecule has 0 aliphatic heterocycles. The van der Waals surface area contributed by atoms with Crippen molar-refractivity contribution in [1.82, 2.24) is 0 Å². The predicted molar refractivity (Wildman–Crippen MR) is 80.4 cm³/mol. The van der Waals surface area contributed by atoms with Crippen molar-refractivity contribution in [3.63, 3.8) is 0 Å². The van der Waals surface area contributed by atoms with Crippen LogP contribution in [0.2, 0.25) is 0 Å². The number of rotatable bonds is 8. The minimum atomic E-state index is 0.808. The number of hydrogen-bond acceptors (Lipinski definition) is 2. The molecule has 94 valence electrons. The van der Waals surface area contributed by atoms with Crippen LogP contribution in [0, 0.1) is 11.8 Å². The molecule has 0 atom stereocenters. The predicted octanol–water partition coefficient (Wildman–Crippen LogP) is 5.14. The van der Waals surface area contributed by atoms with Crippen LogP contribution in [-0.2, 0) is 0 Å². The summed E-state index contributed by atoms with van der Waals surface area (Å²) in [5.74, 6) is 5.30. The van der Waals surface area contributed by atoms with Crippen LogP contribution in [0.4, 0.5) is 0 Å². The third-order valence-electron chi connectivity index (χ3n) is 1.97. The second-order valence-corrected chi connectivity index (χ2v) is 6.42. The fraction of sp³-hybridized carbons (Fsp3) is 1.00. The van der Waals surface area contributed by atoms with E-state index in [2.05, 4.69) is 34.6 Å². The molecule has 0 aromatic rings. The molecular weight excluding hydrogens is 220 g/mol. The molecule has 0 bridgehead atoms. The Morgan fingerprint density at radius 2 is 1.73 bits per heavy atom. The number of thiol groups is 1. The van der Waals surface area contributed by atoms with Crippen molar-refractivity contribution in [3.8, 4) is 0 Å². The van der Waals surface area contributed by atoms with Gasteiger partial charge < -0.3 is 0 Å². The highest BCUT2D eigenvalue weighted by Gasteiger charge is 1.91. The molecule has 0 radical (unpaired) electrons. The van der Waals surface area contributed by atoms with Crippen LogP contribution < -0.4 is 0 Å². The Labute approximate surface area is 108 Å². The van der Waals surface area contributed by atoms with E-state index in [1.807, 2.05) is 11.8 Å². The number of hydrogen-bond donors (Lipinski definition) is 1. The molecule has 2 heteroatoms.